The van der Waals surface area contributed by atoms with Crippen molar-refractivity contribution in [1.29, 1.82) is 0 Å². The first kappa shape index (κ1) is 18.3. The molecule has 0 aliphatic rings. The van der Waals surface area contributed by atoms with Gasteiger partial charge in [-0.1, -0.05) is 73.7 Å². The second-order valence-electron chi connectivity index (χ2n) is 5.65. The van der Waals surface area contributed by atoms with Gasteiger partial charge in [-0.2, -0.15) is 0 Å². The van der Waals surface area contributed by atoms with E-state index >= 15 is 0 Å². The van der Waals surface area contributed by atoms with Crippen molar-refractivity contribution < 1.29 is 0 Å². The first-order valence-electron chi connectivity index (χ1n) is 7.50. The molecule has 0 aromatic heterocycles. The Morgan fingerprint density at radius 2 is 1.80 bits per heavy atom. The summed E-state index contributed by atoms with van der Waals surface area (Å²) in [5.74, 6) is 1.84. The van der Waals surface area contributed by atoms with Crippen LogP contribution in [0.1, 0.15) is 51.5 Å². The summed E-state index contributed by atoms with van der Waals surface area (Å²) in [6.45, 7) is 4.52. The quantitative estimate of drug-likeness (QED) is 0.415. The molecule has 0 spiro atoms. The molecule has 1 aromatic rings. The minimum atomic E-state index is -0.127. The fourth-order valence-electron chi connectivity index (χ4n) is 2.79. The second kappa shape index (κ2) is 9.33. The maximum Gasteiger partial charge on any atom is 0.0332 e. The normalized spacial score (nSPS) is 13.4. The van der Waals surface area contributed by atoms with Crippen LogP contribution in [0.5, 0.6) is 0 Å². The summed E-state index contributed by atoms with van der Waals surface area (Å²) < 4.78 is 1.12. The van der Waals surface area contributed by atoms with Gasteiger partial charge in [-0.15, -0.1) is 23.2 Å². The van der Waals surface area contributed by atoms with Gasteiger partial charge in [0.25, 0.3) is 0 Å². The molecule has 1 unspecified atom stereocenters. The lowest BCUT2D eigenvalue weighted by Crippen LogP contribution is -2.33. The van der Waals surface area contributed by atoms with E-state index in [1.54, 1.807) is 0 Å². The molecule has 114 valence electrons. The molecule has 0 bridgehead atoms. The minimum Gasteiger partial charge on any atom is -0.126 e. The Labute approximate surface area is 142 Å². The summed E-state index contributed by atoms with van der Waals surface area (Å²) in [6, 6.07) is 8.34. The SMILES string of the molecule is CCCCC(CC)CC(CCl)(CCl)c1ccccc1Br. The average molecular weight is 380 g/mol. The van der Waals surface area contributed by atoms with Gasteiger partial charge in [0.15, 0.2) is 0 Å². The fraction of sp³-hybridized carbons (Fsp3) is 0.647. The van der Waals surface area contributed by atoms with Gasteiger partial charge in [-0.25, -0.2) is 0 Å². The summed E-state index contributed by atoms with van der Waals surface area (Å²) >= 11 is 16.4. The number of halogens is 3. The molecule has 0 nitrogen and oxygen atoms in total. The molecule has 3 heteroatoms. The highest BCUT2D eigenvalue weighted by atomic mass is 79.9. The zero-order chi connectivity index (χ0) is 15.0. The average Bonchev–Trinajstić information content (AvgIpc) is 2.49. The van der Waals surface area contributed by atoms with Crippen molar-refractivity contribution in [2.24, 2.45) is 5.92 Å². The van der Waals surface area contributed by atoms with Gasteiger partial charge >= 0.3 is 0 Å². The Hall–Kier alpha value is 0.280. The van der Waals surface area contributed by atoms with Crippen LogP contribution in [0, 0.1) is 5.92 Å². The Morgan fingerprint density at radius 3 is 2.30 bits per heavy atom. The van der Waals surface area contributed by atoms with Crippen molar-refractivity contribution in [1.82, 2.24) is 0 Å². The Morgan fingerprint density at radius 1 is 1.15 bits per heavy atom. The maximum atomic E-state index is 6.36. The zero-order valence-electron chi connectivity index (χ0n) is 12.5. The molecule has 0 aliphatic heterocycles. The molecule has 1 rings (SSSR count). The van der Waals surface area contributed by atoms with E-state index in [0.29, 0.717) is 17.7 Å². The monoisotopic (exact) mass is 378 g/mol. The van der Waals surface area contributed by atoms with Crippen LogP contribution < -0.4 is 0 Å². The second-order valence-corrected chi connectivity index (χ2v) is 7.04. The molecule has 1 aromatic carbocycles. The van der Waals surface area contributed by atoms with Crippen LogP contribution in [-0.4, -0.2) is 11.8 Å². The summed E-state index contributed by atoms with van der Waals surface area (Å²) in [4.78, 5) is 0. The Kier molecular flexibility index (Phi) is 8.55. The third kappa shape index (κ3) is 4.64. The number of hydrogen-bond donors (Lipinski definition) is 0. The van der Waals surface area contributed by atoms with Gasteiger partial charge in [0.2, 0.25) is 0 Å². The van der Waals surface area contributed by atoms with Gasteiger partial charge in [0.1, 0.15) is 0 Å². The van der Waals surface area contributed by atoms with Crippen molar-refractivity contribution >= 4 is 39.1 Å². The number of rotatable bonds is 9. The fourth-order valence-corrected chi connectivity index (χ4v) is 4.28. The summed E-state index contributed by atoms with van der Waals surface area (Å²) in [7, 11) is 0. The molecule has 1 atom stereocenters. The third-order valence-corrected chi connectivity index (χ3v) is 5.89. The van der Waals surface area contributed by atoms with Crippen LogP contribution in [0.25, 0.3) is 0 Å². The highest BCUT2D eigenvalue weighted by molar-refractivity contribution is 9.10. The van der Waals surface area contributed by atoms with E-state index in [4.69, 9.17) is 23.2 Å². The van der Waals surface area contributed by atoms with Crippen molar-refractivity contribution in [3.63, 3.8) is 0 Å². The topological polar surface area (TPSA) is 0 Å². The highest BCUT2D eigenvalue weighted by Crippen LogP contribution is 2.39. The number of unbranched alkanes of at least 4 members (excludes halogenated alkanes) is 1. The van der Waals surface area contributed by atoms with E-state index in [1.165, 1.54) is 31.2 Å². The molecule has 0 fully saturated rings. The largest absolute Gasteiger partial charge is 0.126 e. The lowest BCUT2D eigenvalue weighted by molar-refractivity contribution is 0.332. The Balaban J connectivity index is 2.99. The summed E-state index contributed by atoms with van der Waals surface area (Å²) in [5, 5.41) is 0. The van der Waals surface area contributed by atoms with Crippen LogP contribution >= 0.6 is 39.1 Å². The molecule has 0 N–H and O–H groups in total. The van der Waals surface area contributed by atoms with Gasteiger partial charge in [-0.3, -0.25) is 0 Å². The van der Waals surface area contributed by atoms with Gasteiger partial charge in [0, 0.05) is 21.6 Å². The maximum absolute atomic E-state index is 6.36. The molecule has 20 heavy (non-hydrogen) atoms. The first-order valence-corrected chi connectivity index (χ1v) is 9.36. The van der Waals surface area contributed by atoms with Gasteiger partial charge in [-0.05, 0) is 24.0 Å². The zero-order valence-corrected chi connectivity index (χ0v) is 15.6. The van der Waals surface area contributed by atoms with Crippen LogP contribution in [0.3, 0.4) is 0 Å². The molecule has 0 aliphatic carbocycles. The predicted octanol–water partition coefficient (Wildman–Crippen LogP) is 6.77. The third-order valence-electron chi connectivity index (χ3n) is 4.18. The van der Waals surface area contributed by atoms with Crippen LogP contribution in [0.15, 0.2) is 28.7 Å². The summed E-state index contributed by atoms with van der Waals surface area (Å²) in [5.41, 5.74) is 1.12. The Bertz CT molecular complexity index is 388. The first-order chi connectivity index (χ1) is 9.63. The van der Waals surface area contributed by atoms with Crippen LogP contribution in [0.4, 0.5) is 0 Å². The standard InChI is InChI=1S/C17H25BrCl2/c1-3-5-8-14(4-2)11-17(12-19,13-20)15-9-6-7-10-16(15)18/h6-7,9-10,14H,3-5,8,11-13H2,1-2H3. The van der Waals surface area contributed by atoms with E-state index in [-0.39, 0.29) is 5.41 Å². The van der Waals surface area contributed by atoms with Crippen molar-refractivity contribution in [3.05, 3.63) is 34.3 Å². The lowest BCUT2D eigenvalue weighted by atomic mass is 9.75. The van der Waals surface area contributed by atoms with Gasteiger partial charge < -0.3 is 0 Å². The number of hydrogen-bond acceptors (Lipinski definition) is 0. The van der Waals surface area contributed by atoms with E-state index < -0.39 is 0 Å². The number of benzene rings is 1. The molecular formula is C17H25BrCl2. The van der Waals surface area contributed by atoms with Crippen molar-refractivity contribution in [2.45, 2.75) is 51.4 Å². The van der Waals surface area contributed by atoms with E-state index in [2.05, 4.69) is 48.0 Å². The molecule has 0 heterocycles. The van der Waals surface area contributed by atoms with E-state index in [1.807, 2.05) is 6.07 Å². The smallest absolute Gasteiger partial charge is 0.0332 e. The minimum absolute atomic E-state index is 0.127. The summed E-state index contributed by atoms with van der Waals surface area (Å²) in [6.07, 6.45) is 6.07. The van der Waals surface area contributed by atoms with Gasteiger partial charge in [0.05, 0.1) is 0 Å². The molecular weight excluding hydrogens is 355 g/mol. The molecule has 0 radical (unpaired) electrons. The molecule has 0 saturated heterocycles. The highest BCUT2D eigenvalue weighted by Gasteiger charge is 2.34. The van der Waals surface area contributed by atoms with Crippen molar-refractivity contribution in [3.8, 4) is 0 Å². The lowest BCUT2D eigenvalue weighted by Gasteiger charge is -2.34. The van der Waals surface area contributed by atoms with E-state index in [0.717, 1.165) is 10.9 Å². The number of alkyl halides is 2. The van der Waals surface area contributed by atoms with Crippen LogP contribution in [-0.2, 0) is 5.41 Å². The van der Waals surface area contributed by atoms with Crippen molar-refractivity contribution in [2.75, 3.05) is 11.8 Å². The molecule has 0 amide bonds. The van der Waals surface area contributed by atoms with Crippen LogP contribution in [0.2, 0.25) is 0 Å². The van der Waals surface area contributed by atoms with E-state index in [9.17, 15) is 0 Å². The predicted molar refractivity (Wildman–Crippen MR) is 95.2 cm³/mol. The molecule has 0 saturated carbocycles.